The summed E-state index contributed by atoms with van der Waals surface area (Å²) in [4.78, 5) is 14.3. The molecule has 0 aromatic carbocycles. The highest BCUT2D eigenvalue weighted by molar-refractivity contribution is 9.08. The number of hydrogen-bond acceptors (Lipinski definition) is 5. The van der Waals surface area contributed by atoms with Gasteiger partial charge in [0.25, 0.3) is 5.56 Å². The van der Waals surface area contributed by atoms with Crippen molar-refractivity contribution in [3.8, 4) is 0 Å². The third kappa shape index (κ3) is 2.93. The Labute approximate surface area is 141 Å². The van der Waals surface area contributed by atoms with Gasteiger partial charge in [-0.2, -0.15) is 5.10 Å². The van der Waals surface area contributed by atoms with Gasteiger partial charge in [0.2, 0.25) is 0 Å². The molecule has 2 aliphatic heterocycles. The van der Waals surface area contributed by atoms with E-state index in [9.17, 15) is 4.79 Å². The third-order valence-corrected chi connectivity index (χ3v) is 4.92. The Kier molecular flexibility index (Phi) is 3.96. The lowest BCUT2D eigenvalue weighted by Crippen LogP contribution is -2.47. The maximum atomic E-state index is 11.9. The Morgan fingerprint density at radius 3 is 3.00 bits per heavy atom. The molecule has 1 N–H and O–H groups in total. The molecule has 0 radical (unpaired) electrons. The molecule has 4 heterocycles. The van der Waals surface area contributed by atoms with Crippen molar-refractivity contribution in [1.82, 2.24) is 19.4 Å². The largest absolute Gasteiger partial charge is 0.363 e. The molecular formula is C15H18BrN5O2. The smallest absolute Gasteiger partial charge is 0.269 e. The van der Waals surface area contributed by atoms with Gasteiger partial charge in [0.05, 0.1) is 18.8 Å². The number of anilines is 1. The second-order valence-electron chi connectivity index (χ2n) is 5.82. The van der Waals surface area contributed by atoms with Crippen LogP contribution in [0, 0.1) is 0 Å². The SMILES string of the molecule is O=c1ccc(CBr)cn1Nc1cc2n(n1)CCN(C1CCO1)C2. The fourth-order valence-corrected chi connectivity index (χ4v) is 3.25. The van der Waals surface area contributed by atoms with Gasteiger partial charge in [-0.3, -0.25) is 19.8 Å². The zero-order valence-electron chi connectivity index (χ0n) is 12.6. The van der Waals surface area contributed by atoms with E-state index in [-0.39, 0.29) is 11.8 Å². The summed E-state index contributed by atoms with van der Waals surface area (Å²) >= 11 is 3.40. The van der Waals surface area contributed by atoms with E-state index >= 15 is 0 Å². The van der Waals surface area contributed by atoms with Crippen molar-refractivity contribution >= 4 is 21.7 Å². The third-order valence-electron chi connectivity index (χ3n) is 4.27. The van der Waals surface area contributed by atoms with Gasteiger partial charge in [-0.1, -0.05) is 22.0 Å². The van der Waals surface area contributed by atoms with E-state index in [1.165, 1.54) is 4.68 Å². The highest BCUT2D eigenvalue weighted by Gasteiger charge is 2.29. The van der Waals surface area contributed by atoms with Crippen LogP contribution in [0.2, 0.25) is 0 Å². The number of hydrogen-bond donors (Lipinski definition) is 1. The highest BCUT2D eigenvalue weighted by Crippen LogP contribution is 2.23. The molecule has 4 rings (SSSR count). The molecule has 7 nitrogen and oxygen atoms in total. The van der Waals surface area contributed by atoms with Crippen LogP contribution in [0.1, 0.15) is 17.7 Å². The first-order valence-electron chi connectivity index (χ1n) is 7.70. The molecule has 2 aliphatic rings. The van der Waals surface area contributed by atoms with E-state index in [1.54, 1.807) is 12.3 Å². The molecule has 2 aromatic rings. The minimum atomic E-state index is -0.106. The van der Waals surface area contributed by atoms with Crippen molar-refractivity contribution in [2.75, 3.05) is 18.6 Å². The summed E-state index contributed by atoms with van der Waals surface area (Å²) < 4.78 is 9.03. The highest BCUT2D eigenvalue weighted by atomic mass is 79.9. The summed E-state index contributed by atoms with van der Waals surface area (Å²) in [6.07, 6.45) is 3.14. The van der Waals surface area contributed by atoms with E-state index in [4.69, 9.17) is 4.74 Å². The van der Waals surface area contributed by atoms with Crippen LogP contribution in [0.4, 0.5) is 5.82 Å². The number of aromatic nitrogens is 3. The van der Waals surface area contributed by atoms with Crippen LogP contribution in [0.25, 0.3) is 0 Å². The molecule has 0 amide bonds. The maximum absolute atomic E-state index is 11.9. The summed E-state index contributed by atoms with van der Waals surface area (Å²) in [6.45, 7) is 3.47. The van der Waals surface area contributed by atoms with Gasteiger partial charge in [-0.25, -0.2) is 4.68 Å². The number of rotatable bonds is 4. The Hall–Kier alpha value is -1.64. The van der Waals surface area contributed by atoms with Gasteiger partial charge < -0.3 is 4.74 Å². The van der Waals surface area contributed by atoms with Crippen LogP contribution in [0.15, 0.2) is 29.2 Å². The lowest BCUT2D eigenvalue weighted by molar-refractivity contribution is -0.152. The van der Waals surface area contributed by atoms with Gasteiger partial charge in [-0.15, -0.1) is 0 Å². The van der Waals surface area contributed by atoms with Gasteiger partial charge in [0, 0.05) is 43.2 Å². The lowest BCUT2D eigenvalue weighted by atomic mass is 10.2. The van der Waals surface area contributed by atoms with Crippen LogP contribution < -0.4 is 11.0 Å². The fraction of sp³-hybridized carbons (Fsp3) is 0.467. The van der Waals surface area contributed by atoms with Crippen LogP contribution in [-0.2, 0) is 23.2 Å². The number of ether oxygens (including phenoxy) is 1. The average molecular weight is 380 g/mol. The normalized spacial score (nSPS) is 20.8. The average Bonchev–Trinajstić information content (AvgIpc) is 2.89. The molecule has 0 saturated carbocycles. The number of nitrogens with one attached hydrogen (secondary N) is 1. The Balaban J connectivity index is 1.53. The predicted octanol–water partition coefficient (Wildman–Crippen LogP) is 1.38. The Morgan fingerprint density at radius 1 is 1.39 bits per heavy atom. The number of fused-ring (bicyclic) bond motifs is 1. The quantitative estimate of drug-likeness (QED) is 0.812. The lowest BCUT2D eigenvalue weighted by Gasteiger charge is -2.39. The van der Waals surface area contributed by atoms with Crippen LogP contribution >= 0.6 is 15.9 Å². The van der Waals surface area contributed by atoms with Crippen LogP contribution in [0.5, 0.6) is 0 Å². The van der Waals surface area contributed by atoms with E-state index in [0.717, 1.165) is 43.9 Å². The second-order valence-corrected chi connectivity index (χ2v) is 6.38. The topological polar surface area (TPSA) is 64.3 Å². The van der Waals surface area contributed by atoms with Crippen molar-refractivity contribution in [3.63, 3.8) is 0 Å². The summed E-state index contributed by atoms with van der Waals surface area (Å²) in [5.74, 6) is 0.685. The van der Waals surface area contributed by atoms with Crippen molar-refractivity contribution in [1.29, 1.82) is 0 Å². The Bertz CT molecular complexity index is 767. The number of alkyl halides is 1. The van der Waals surface area contributed by atoms with E-state index < -0.39 is 0 Å². The van der Waals surface area contributed by atoms with Crippen molar-refractivity contribution in [2.24, 2.45) is 0 Å². The molecule has 0 aliphatic carbocycles. The van der Waals surface area contributed by atoms with Crippen molar-refractivity contribution in [2.45, 2.75) is 31.1 Å². The van der Waals surface area contributed by atoms with Crippen LogP contribution in [-0.4, -0.2) is 38.7 Å². The van der Waals surface area contributed by atoms with E-state index in [0.29, 0.717) is 11.1 Å². The standard InChI is InChI=1S/C15H18BrN5O2/c16-8-11-1-2-14(22)21(9-11)18-13-7-12-10-19(15-3-6-23-15)4-5-20(12)17-13/h1-2,7,9,15H,3-6,8,10H2,(H,17,18). The van der Waals surface area contributed by atoms with Crippen molar-refractivity contribution < 1.29 is 4.74 Å². The Morgan fingerprint density at radius 2 is 2.26 bits per heavy atom. The van der Waals surface area contributed by atoms with Gasteiger partial charge in [0.15, 0.2) is 5.82 Å². The predicted molar refractivity (Wildman–Crippen MR) is 89.3 cm³/mol. The van der Waals surface area contributed by atoms with Gasteiger partial charge >= 0.3 is 0 Å². The number of halogens is 1. The molecule has 122 valence electrons. The number of pyridine rings is 1. The van der Waals surface area contributed by atoms with E-state index in [2.05, 4.69) is 31.4 Å². The molecule has 1 fully saturated rings. The minimum Gasteiger partial charge on any atom is -0.363 e. The molecular weight excluding hydrogens is 362 g/mol. The zero-order chi connectivity index (χ0) is 15.8. The summed E-state index contributed by atoms with van der Waals surface area (Å²) in [6, 6.07) is 5.36. The van der Waals surface area contributed by atoms with Crippen molar-refractivity contribution in [3.05, 3.63) is 46.0 Å². The number of nitrogens with zero attached hydrogens (tertiary/aromatic N) is 4. The monoisotopic (exact) mass is 379 g/mol. The molecule has 1 unspecified atom stereocenters. The molecule has 2 aromatic heterocycles. The van der Waals surface area contributed by atoms with Gasteiger partial charge in [-0.05, 0) is 5.56 Å². The summed E-state index contributed by atoms with van der Waals surface area (Å²) in [5, 5.41) is 5.25. The second kappa shape index (κ2) is 6.10. The summed E-state index contributed by atoms with van der Waals surface area (Å²) in [5.41, 5.74) is 5.13. The molecule has 1 saturated heterocycles. The summed E-state index contributed by atoms with van der Waals surface area (Å²) in [7, 11) is 0. The molecule has 23 heavy (non-hydrogen) atoms. The van der Waals surface area contributed by atoms with Gasteiger partial charge in [0.1, 0.15) is 6.23 Å². The molecule has 8 heteroatoms. The minimum absolute atomic E-state index is 0.106. The first-order valence-corrected chi connectivity index (χ1v) is 8.82. The zero-order valence-corrected chi connectivity index (χ0v) is 14.2. The first kappa shape index (κ1) is 14.9. The maximum Gasteiger partial charge on any atom is 0.269 e. The molecule has 0 spiro atoms. The molecule has 0 bridgehead atoms. The first-order chi connectivity index (χ1) is 11.2. The molecule has 1 atom stereocenters. The van der Waals surface area contributed by atoms with E-state index in [1.807, 2.05) is 16.8 Å². The van der Waals surface area contributed by atoms with Crippen LogP contribution in [0.3, 0.4) is 0 Å². The fourth-order valence-electron chi connectivity index (χ4n) is 2.92.